The van der Waals surface area contributed by atoms with Gasteiger partial charge >= 0.3 is 6.09 Å². The summed E-state index contributed by atoms with van der Waals surface area (Å²) < 4.78 is 10.7. The lowest BCUT2D eigenvalue weighted by Crippen LogP contribution is -2.33. The van der Waals surface area contributed by atoms with Crippen molar-refractivity contribution in [1.82, 2.24) is 5.32 Å². The van der Waals surface area contributed by atoms with Gasteiger partial charge in [0.1, 0.15) is 5.60 Å². The first-order valence-corrected chi connectivity index (χ1v) is 7.09. The Morgan fingerprint density at radius 3 is 2.55 bits per heavy atom. The minimum Gasteiger partial charge on any atom is -0.444 e. The molecule has 20 heavy (non-hydrogen) atoms. The van der Waals surface area contributed by atoms with E-state index >= 15 is 0 Å². The van der Waals surface area contributed by atoms with Gasteiger partial charge in [0.15, 0.2) is 0 Å². The molecule has 1 heterocycles. The number of carbonyl (C=O) groups excluding carboxylic acids is 1. The Bertz CT molecular complexity index is 461. The molecule has 2 rings (SSSR count). The molecule has 0 bridgehead atoms. The first kappa shape index (κ1) is 14.9. The monoisotopic (exact) mass is 277 g/mol. The van der Waals surface area contributed by atoms with Gasteiger partial charge in [-0.1, -0.05) is 24.3 Å². The third-order valence-corrected chi connectivity index (χ3v) is 3.18. The van der Waals surface area contributed by atoms with Crippen LogP contribution in [0.5, 0.6) is 0 Å². The molecule has 1 atom stereocenters. The summed E-state index contributed by atoms with van der Waals surface area (Å²) in [6, 6.07) is 8.13. The molecule has 1 aromatic carbocycles. The lowest BCUT2D eigenvalue weighted by atomic mass is 9.98. The SMILES string of the molecule is CC(C)(C)OC(=O)NCc1ccccc1C[C@@H]1CCO1. The molecule has 4 nitrogen and oxygen atoms in total. The third kappa shape index (κ3) is 4.53. The highest BCUT2D eigenvalue weighted by Crippen LogP contribution is 2.19. The summed E-state index contributed by atoms with van der Waals surface area (Å²) in [5.41, 5.74) is 1.88. The van der Waals surface area contributed by atoms with E-state index in [9.17, 15) is 4.79 Å². The van der Waals surface area contributed by atoms with Gasteiger partial charge in [0.05, 0.1) is 6.10 Å². The summed E-state index contributed by atoms with van der Waals surface area (Å²) in [7, 11) is 0. The van der Waals surface area contributed by atoms with E-state index in [1.54, 1.807) is 0 Å². The fraction of sp³-hybridized carbons (Fsp3) is 0.562. The molecule has 4 heteroatoms. The Morgan fingerprint density at radius 1 is 1.35 bits per heavy atom. The molecule has 0 aromatic heterocycles. The van der Waals surface area contributed by atoms with Crippen LogP contribution in [0.1, 0.15) is 38.3 Å². The quantitative estimate of drug-likeness (QED) is 0.920. The Hall–Kier alpha value is -1.55. The van der Waals surface area contributed by atoms with Gasteiger partial charge in [-0.05, 0) is 44.7 Å². The van der Waals surface area contributed by atoms with E-state index in [-0.39, 0.29) is 6.09 Å². The molecule has 0 radical (unpaired) electrons. The fourth-order valence-electron chi connectivity index (χ4n) is 2.10. The van der Waals surface area contributed by atoms with E-state index in [4.69, 9.17) is 9.47 Å². The Kier molecular flexibility index (Phi) is 4.65. The van der Waals surface area contributed by atoms with Crippen LogP contribution >= 0.6 is 0 Å². The van der Waals surface area contributed by atoms with E-state index in [0.717, 1.165) is 25.0 Å². The third-order valence-electron chi connectivity index (χ3n) is 3.18. The molecule has 1 saturated heterocycles. The molecule has 1 aromatic rings. The number of hydrogen-bond donors (Lipinski definition) is 1. The van der Waals surface area contributed by atoms with E-state index in [0.29, 0.717) is 12.6 Å². The number of benzene rings is 1. The number of alkyl carbamates (subject to hydrolysis) is 1. The van der Waals surface area contributed by atoms with Gasteiger partial charge in [0, 0.05) is 13.2 Å². The van der Waals surface area contributed by atoms with Crippen molar-refractivity contribution in [2.24, 2.45) is 0 Å². The molecule has 1 amide bonds. The summed E-state index contributed by atoms with van der Waals surface area (Å²) in [4.78, 5) is 11.7. The van der Waals surface area contributed by atoms with E-state index in [1.165, 1.54) is 5.56 Å². The zero-order valence-electron chi connectivity index (χ0n) is 12.4. The second kappa shape index (κ2) is 6.27. The van der Waals surface area contributed by atoms with E-state index in [1.807, 2.05) is 39.0 Å². The zero-order valence-corrected chi connectivity index (χ0v) is 12.4. The van der Waals surface area contributed by atoms with E-state index < -0.39 is 5.60 Å². The molecule has 1 aliphatic heterocycles. The van der Waals surface area contributed by atoms with Crippen LogP contribution in [0.2, 0.25) is 0 Å². The maximum absolute atomic E-state index is 11.7. The van der Waals surface area contributed by atoms with Gasteiger partial charge in [-0.2, -0.15) is 0 Å². The molecular weight excluding hydrogens is 254 g/mol. The maximum atomic E-state index is 11.7. The molecular formula is C16H23NO3. The summed E-state index contributed by atoms with van der Waals surface area (Å²) in [5.74, 6) is 0. The summed E-state index contributed by atoms with van der Waals surface area (Å²) in [6.45, 7) is 6.91. The first-order chi connectivity index (χ1) is 9.44. The Balaban J connectivity index is 1.90. The number of ether oxygens (including phenoxy) is 2. The maximum Gasteiger partial charge on any atom is 0.407 e. The molecule has 1 fully saturated rings. The number of amides is 1. The second-order valence-electron chi connectivity index (χ2n) is 6.11. The molecule has 1 N–H and O–H groups in total. The van der Waals surface area contributed by atoms with Crippen molar-refractivity contribution in [2.75, 3.05) is 6.61 Å². The van der Waals surface area contributed by atoms with Crippen LogP contribution in [0, 0.1) is 0 Å². The van der Waals surface area contributed by atoms with Gasteiger partial charge in [0.25, 0.3) is 0 Å². The van der Waals surface area contributed by atoms with Crippen molar-refractivity contribution >= 4 is 6.09 Å². The van der Waals surface area contributed by atoms with Gasteiger partial charge in [-0.3, -0.25) is 0 Å². The Morgan fingerprint density at radius 2 is 2.00 bits per heavy atom. The van der Waals surface area contributed by atoms with Gasteiger partial charge in [-0.15, -0.1) is 0 Å². The standard InChI is InChI=1S/C16H23NO3/c1-16(2,3)20-15(18)17-11-13-7-5-4-6-12(13)10-14-8-9-19-14/h4-7,14H,8-11H2,1-3H3,(H,17,18)/t14-/m0/s1. The molecule has 1 aliphatic rings. The highest BCUT2D eigenvalue weighted by molar-refractivity contribution is 5.67. The number of carbonyl (C=O) groups is 1. The summed E-state index contributed by atoms with van der Waals surface area (Å²) in [5, 5.41) is 2.80. The zero-order chi connectivity index (χ0) is 14.6. The summed E-state index contributed by atoms with van der Waals surface area (Å²) in [6.07, 6.45) is 1.98. The largest absolute Gasteiger partial charge is 0.444 e. The van der Waals surface area contributed by atoms with Crippen molar-refractivity contribution in [3.63, 3.8) is 0 Å². The lowest BCUT2D eigenvalue weighted by molar-refractivity contribution is -0.0492. The molecule has 0 spiro atoms. The average molecular weight is 277 g/mol. The van der Waals surface area contributed by atoms with Crippen molar-refractivity contribution in [3.05, 3.63) is 35.4 Å². The smallest absolute Gasteiger partial charge is 0.407 e. The number of rotatable bonds is 4. The number of hydrogen-bond acceptors (Lipinski definition) is 3. The van der Waals surface area contributed by atoms with Crippen LogP contribution in [0.4, 0.5) is 4.79 Å². The van der Waals surface area contributed by atoms with Crippen LogP contribution < -0.4 is 5.32 Å². The molecule has 110 valence electrons. The van der Waals surface area contributed by atoms with Crippen LogP contribution in [0.15, 0.2) is 24.3 Å². The minimum atomic E-state index is -0.469. The van der Waals surface area contributed by atoms with Gasteiger partial charge < -0.3 is 14.8 Å². The average Bonchev–Trinajstić information content (AvgIpc) is 2.30. The van der Waals surface area contributed by atoms with E-state index in [2.05, 4.69) is 11.4 Å². The minimum absolute atomic E-state index is 0.331. The van der Waals surface area contributed by atoms with Crippen molar-refractivity contribution < 1.29 is 14.3 Å². The van der Waals surface area contributed by atoms with Crippen LogP contribution in [0.25, 0.3) is 0 Å². The van der Waals surface area contributed by atoms with Crippen LogP contribution in [-0.2, 0) is 22.4 Å². The first-order valence-electron chi connectivity index (χ1n) is 7.09. The van der Waals surface area contributed by atoms with Gasteiger partial charge in [0.2, 0.25) is 0 Å². The van der Waals surface area contributed by atoms with Crippen molar-refractivity contribution in [3.8, 4) is 0 Å². The van der Waals surface area contributed by atoms with Gasteiger partial charge in [-0.25, -0.2) is 4.79 Å². The van der Waals surface area contributed by atoms with Crippen LogP contribution in [0.3, 0.4) is 0 Å². The molecule has 0 unspecified atom stereocenters. The Labute approximate surface area is 120 Å². The van der Waals surface area contributed by atoms with Crippen molar-refractivity contribution in [2.45, 2.75) is 51.9 Å². The van der Waals surface area contributed by atoms with Crippen LogP contribution in [-0.4, -0.2) is 24.4 Å². The molecule has 0 saturated carbocycles. The normalized spacial score (nSPS) is 18.2. The predicted octanol–water partition coefficient (Wildman–Crippen LogP) is 3.04. The topological polar surface area (TPSA) is 47.6 Å². The van der Waals surface area contributed by atoms with Crippen molar-refractivity contribution in [1.29, 1.82) is 0 Å². The second-order valence-corrected chi connectivity index (χ2v) is 6.11. The predicted molar refractivity (Wildman–Crippen MR) is 77.6 cm³/mol. The number of nitrogens with one attached hydrogen (secondary N) is 1. The fourth-order valence-corrected chi connectivity index (χ4v) is 2.10. The molecule has 0 aliphatic carbocycles. The highest BCUT2D eigenvalue weighted by atomic mass is 16.6. The highest BCUT2D eigenvalue weighted by Gasteiger charge is 2.20. The summed E-state index contributed by atoms with van der Waals surface area (Å²) >= 11 is 0. The lowest BCUT2D eigenvalue weighted by Gasteiger charge is -2.27.